The van der Waals surface area contributed by atoms with Crippen molar-refractivity contribution in [2.75, 3.05) is 13.6 Å². The van der Waals surface area contributed by atoms with Crippen LogP contribution in [0, 0.1) is 6.92 Å². The SMILES string of the molecule is CNCC(=O)NC(C)Cc1ccc(C)s1.Cl. The van der Waals surface area contributed by atoms with Crippen LogP contribution < -0.4 is 10.6 Å². The topological polar surface area (TPSA) is 41.1 Å². The first kappa shape index (κ1) is 15.4. The number of halogens is 1. The maximum absolute atomic E-state index is 11.3. The van der Waals surface area contributed by atoms with Crippen molar-refractivity contribution < 1.29 is 4.79 Å². The van der Waals surface area contributed by atoms with Gasteiger partial charge < -0.3 is 10.6 Å². The van der Waals surface area contributed by atoms with E-state index in [9.17, 15) is 4.79 Å². The van der Waals surface area contributed by atoms with Gasteiger partial charge in [0.2, 0.25) is 5.91 Å². The summed E-state index contributed by atoms with van der Waals surface area (Å²) in [6, 6.07) is 4.44. The second-order valence-electron chi connectivity index (χ2n) is 3.72. The molecule has 5 heteroatoms. The molecule has 3 nitrogen and oxygen atoms in total. The number of rotatable bonds is 5. The van der Waals surface area contributed by atoms with Gasteiger partial charge in [-0.25, -0.2) is 0 Å². The lowest BCUT2D eigenvalue weighted by Gasteiger charge is -2.12. The van der Waals surface area contributed by atoms with Crippen LogP contribution in [0.5, 0.6) is 0 Å². The van der Waals surface area contributed by atoms with Crippen molar-refractivity contribution >= 4 is 29.7 Å². The third kappa shape index (κ3) is 5.49. The molecule has 2 N–H and O–H groups in total. The molecule has 0 radical (unpaired) electrons. The predicted molar refractivity (Wildman–Crippen MR) is 71.5 cm³/mol. The number of thiophene rings is 1. The largest absolute Gasteiger partial charge is 0.352 e. The standard InChI is InChI=1S/C11H18N2OS.ClH/c1-8(13-11(14)7-12-3)6-10-5-4-9(2)15-10;/h4-5,8,12H,6-7H2,1-3H3,(H,13,14);1H. The molecule has 0 spiro atoms. The lowest BCUT2D eigenvalue weighted by Crippen LogP contribution is -2.38. The summed E-state index contributed by atoms with van der Waals surface area (Å²) in [6.45, 7) is 4.51. The Bertz CT molecular complexity index is 328. The third-order valence-electron chi connectivity index (χ3n) is 2.05. The van der Waals surface area contributed by atoms with Gasteiger partial charge in [-0.1, -0.05) is 0 Å². The number of nitrogens with one attached hydrogen (secondary N) is 2. The molecule has 0 aromatic carbocycles. The fourth-order valence-corrected chi connectivity index (χ4v) is 2.45. The normalized spacial score (nSPS) is 11.7. The first-order chi connectivity index (χ1) is 7.11. The lowest BCUT2D eigenvalue weighted by atomic mass is 10.2. The zero-order chi connectivity index (χ0) is 11.3. The summed E-state index contributed by atoms with van der Waals surface area (Å²) < 4.78 is 0. The molecule has 1 rings (SSSR count). The van der Waals surface area contributed by atoms with Crippen molar-refractivity contribution in [2.24, 2.45) is 0 Å². The van der Waals surface area contributed by atoms with Gasteiger partial charge in [0.15, 0.2) is 0 Å². The van der Waals surface area contributed by atoms with Gasteiger partial charge in [-0.05, 0) is 33.0 Å². The molecule has 0 aliphatic rings. The zero-order valence-corrected chi connectivity index (χ0v) is 11.5. The molecular formula is C11H19ClN2OS. The smallest absolute Gasteiger partial charge is 0.234 e. The Balaban J connectivity index is 0.00000225. The average Bonchev–Trinajstić information content (AvgIpc) is 2.51. The van der Waals surface area contributed by atoms with Crippen LogP contribution in [0.15, 0.2) is 12.1 Å². The maximum atomic E-state index is 11.3. The van der Waals surface area contributed by atoms with Gasteiger partial charge in [0, 0.05) is 22.2 Å². The van der Waals surface area contributed by atoms with E-state index in [1.165, 1.54) is 9.75 Å². The van der Waals surface area contributed by atoms with E-state index in [2.05, 4.69) is 29.7 Å². The van der Waals surface area contributed by atoms with Crippen LogP contribution in [0.25, 0.3) is 0 Å². The molecule has 16 heavy (non-hydrogen) atoms. The van der Waals surface area contributed by atoms with Crippen molar-refractivity contribution in [3.8, 4) is 0 Å². The third-order valence-corrected chi connectivity index (χ3v) is 3.07. The summed E-state index contributed by atoms with van der Waals surface area (Å²) in [5.74, 6) is 0.0540. The second kappa shape index (κ2) is 7.65. The fourth-order valence-electron chi connectivity index (χ4n) is 1.43. The highest BCUT2D eigenvalue weighted by Crippen LogP contribution is 2.16. The zero-order valence-electron chi connectivity index (χ0n) is 9.87. The molecule has 0 saturated heterocycles. The fraction of sp³-hybridized carbons (Fsp3) is 0.545. The molecule has 1 aromatic rings. The van der Waals surface area contributed by atoms with Gasteiger partial charge in [0.1, 0.15) is 0 Å². The Morgan fingerprint density at radius 1 is 1.50 bits per heavy atom. The molecule has 1 unspecified atom stereocenters. The van der Waals surface area contributed by atoms with Crippen LogP contribution in [0.3, 0.4) is 0 Å². The molecule has 1 aromatic heterocycles. The second-order valence-corrected chi connectivity index (χ2v) is 5.09. The minimum Gasteiger partial charge on any atom is -0.352 e. The van der Waals surface area contributed by atoms with E-state index in [0.717, 1.165) is 6.42 Å². The van der Waals surface area contributed by atoms with E-state index in [4.69, 9.17) is 0 Å². The molecule has 92 valence electrons. The Morgan fingerprint density at radius 2 is 2.19 bits per heavy atom. The number of hydrogen-bond donors (Lipinski definition) is 2. The van der Waals surface area contributed by atoms with E-state index in [1.54, 1.807) is 18.4 Å². The Hall–Kier alpha value is -0.580. The minimum absolute atomic E-state index is 0. The summed E-state index contributed by atoms with van der Waals surface area (Å²) in [4.78, 5) is 13.9. The Labute approximate surface area is 107 Å². The monoisotopic (exact) mass is 262 g/mol. The highest BCUT2D eigenvalue weighted by Gasteiger charge is 2.08. The van der Waals surface area contributed by atoms with Crippen molar-refractivity contribution in [1.82, 2.24) is 10.6 Å². The van der Waals surface area contributed by atoms with E-state index in [1.807, 2.05) is 6.92 Å². The lowest BCUT2D eigenvalue weighted by molar-refractivity contribution is -0.120. The molecule has 1 amide bonds. The first-order valence-electron chi connectivity index (χ1n) is 5.11. The van der Waals surface area contributed by atoms with Gasteiger partial charge in [-0.15, -0.1) is 23.7 Å². The van der Waals surface area contributed by atoms with Gasteiger partial charge >= 0.3 is 0 Å². The number of carbonyl (C=O) groups is 1. The highest BCUT2D eigenvalue weighted by molar-refractivity contribution is 7.11. The summed E-state index contributed by atoms with van der Waals surface area (Å²) >= 11 is 1.79. The number of hydrogen-bond acceptors (Lipinski definition) is 3. The molecule has 0 bridgehead atoms. The van der Waals surface area contributed by atoms with Gasteiger partial charge in [0.25, 0.3) is 0 Å². The molecule has 0 aliphatic carbocycles. The number of amides is 1. The van der Waals surface area contributed by atoms with Crippen LogP contribution in [-0.2, 0) is 11.2 Å². The summed E-state index contributed by atoms with van der Waals surface area (Å²) in [5.41, 5.74) is 0. The molecule has 1 atom stereocenters. The van der Waals surface area contributed by atoms with Crippen LogP contribution in [0.4, 0.5) is 0 Å². The van der Waals surface area contributed by atoms with Gasteiger partial charge in [-0.2, -0.15) is 0 Å². The quantitative estimate of drug-likeness (QED) is 0.849. The van der Waals surface area contributed by atoms with Gasteiger partial charge in [0.05, 0.1) is 6.54 Å². The van der Waals surface area contributed by atoms with Gasteiger partial charge in [-0.3, -0.25) is 4.79 Å². The predicted octanol–water partition coefficient (Wildman–Crippen LogP) is 1.74. The molecular weight excluding hydrogens is 244 g/mol. The van der Waals surface area contributed by atoms with Crippen LogP contribution in [0.1, 0.15) is 16.7 Å². The molecule has 0 fully saturated rings. The van der Waals surface area contributed by atoms with Crippen LogP contribution >= 0.6 is 23.7 Å². The number of aryl methyl sites for hydroxylation is 1. The Kier molecular flexibility index (Phi) is 7.38. The van der Waals surface area contributed by atoms with E-state index < -0.39 is 0 Å². The van der Waals surface area contributed by atoms with E-state index >= 15 is 0 Å². The average molecular weight is 263 g/mol. The first-order valence-corrected chi connectivity index (χ1v) is 5.92. The maximum Gasteiger partial charge on any atom is 0.234 e. The van der Waals surface area contributed by atoms with E-state index in [0.29, 0.717) is 6.54 Å². The highest BCUT2D eigenvalue weighted by atomic mass is 35.5. The molecule has 0 aliphatic heterocycles. The molecule has 0 saturated carbocycles. The Morgan fingerprint density at radius 3 is 2.69 bits per heavy atom. The van der Waals surface area contributed by atoms with E-state index in [-0.39, 0.29) is 24.4 Å². The van der Waals surface area contributed by atoms with Crippen molar-refractivity contribution in [3.05, 3.63) is 21.9 Å². The summed E-state index contributed by atoms with van der Waals surface area (Å²) in [7, 11) is 1.77. The minimum atomic E-state index is 0. The van der Waals surface area contributed by atoms with Crippen LogP contribution in [0.2, 0.25) is 0 Å². The van der Waals surface area contributed by atoms with Crippen molar-refractivity contribution in [3.63, 3.8) is 0 Å². The summed E-state index contributed by atoms with van der Waals surface area (Å²) in [6.07, 6.45) is 0.911. The molecule has 1 heterocycles. The summed E-state index contributed by atoms with van der Waals surface area (Å²) in [5, 5.41) is 5.78. The van der Waals surface area contributed by atoms with Crippen molar-refractivity contribution in [1.29, 1.82) is 0 Å². The van der Waals surface area contributed by atoms with Crippen molar-refractivity contribution in [2.45, 2.75) is 26.3 Å². The number of likely N-dealkylation sites (N-methyl/N-ethyl adjacent to an activating group) is 1. The number of carbonyl (C=O) groups excluding carboxylic acids is 1. The van der Waals surface area contributed by atoms with Crippen LogP contribution in [-0.4, -0.2) is 25.5 Å².